The number of rotatable bonds is 2. The van der Waals surface area contributed by atoms with Crippen LogP contribution in [-0.4, -0.2) is 21.7 Å². The molecule has 1 aliphatic heterocycles. The molecule has 2 aromatic rings. The Morgan fingerprint density at radius 3 is 2.77 bits per heavy atom. The second-order valence-corrected chi connectivity index (χ2v) is 8.61. The molecule has 2 fully saturated rings. The molecule has 1 aliphatic carbocycles. The minimum absolute atomic E-state index is 0.108. The molecule has 1 saturated heterocycles. The van der Waals surface area contributed by atoms with Crippen LogP contribution in [-0.2, 0) is 4.74 Å². The van der Waals surface area contributed by atoms with E-state index in [-0.39, 0.29) is 26.3 Å². The average molecular weight is 407 g/mol. The van der Waals surface area contributed by atoms with Crippen LogP contribution in [0.1, 0.15) is 50.0 Å². The van der Waals surface area contributed by atoms with Gasteiger partial charge in [0, 0.05) is 21.8 Å². The number of aromatic nitrogens is 1. The van der Waals surface area contributed by atoms with Gasteiger partial charge in [0.15, 0.2) is 0 Å². The van der Waals surface area contributed by atoms with Crippen molar-refractivity contribution in [2.75, 3.05) is 6.61 Å². The Kier molecular flexibility index (Phi) is 4.03. The lowest BCUT2D eigenvalue weighted by atomic mass is 9.74. The van der Waals surface area contributed by atoms with Gasteiger partial charge >= 0.3 is 0 Å². The third-order valence-corrected chi connectivity index (χ3v) is 6.97. The molecule has 3 heteroatoms. The highest BCUT2D eigenvalue weighted by atomic mass is 127. The Morgan fingerprint density at radius 2 is 2.05 bits per heavy atom. The first-order valence-corrected chi connectivity index (χ1v) is 10.8. The van der Waals surface area contributed by atoms with Crippen molar-refractivity contribution in [3.63, 3.8) is 0 Å². The monoisotopic (exact) mass is 407 g/mol. The first kappa shape index (κ1) is 14.8. The van der Waals surface area contributed by atoms with E-state index in [4.69, 9.17) is 4.74 Å². The van der Waals surface area contributed by atoms with E-state index in [2.05, 4.69) is 33.8 Å². The number of hydrogen-bond donors (Lipinski definition) is 0. The Labute approximate surface area is 142 Å². The minimum atomic E-state index is -0.108. The van der Waals surface area contributed by atoms with Gasteiger partial charge in [0.2, 0.25) is 0 Å². The van der Waals surface area contributed by atoms with E-state index in [1.165, 1.54) is 53.0 Å². The molecule has 0 radical (unpaired) electrons. The van der Waals surface area contributed by atoms with E-state index in [9.17, 15) is 0 Å². The largest absolute Gasteiger partial charge is 0.375 e. The van der Waals surface area contributed by atoms with Crippen molar-refractivity contribution >= 4 is 36.1 Å². The molecule has 2 aliphatic rings. The van der Waals surface area contributed by atoms with Crippen molar-refractivity contribution in [2.24, 2.45) is 0 Å². The van der Waals surface area contributed by atoms with Crippen molar-refractivity contribution in [1.82, 2.24) is 4.98 Å². The van der Waals surface area contributed by atoms with Crippen molar-refractivity contribution in [3.05, 3.63) is 39.6 Å². The number of fused-ring (bicyclic) bond motifs is 1. The Hall–Kier alpha value is -0.810. The summed E-state index contributed by atoms with van der Waals surface area (Å²) in [7, 11) is 0. The molecule has 2 nitrogen and oxygen atoms in total. The zero-order chi connectivity index (χ0) is 15.0. The molecular formula is C19H22INO. The lowest BCUT2D eigenvalue weighted by Gasteiger charge is -2.37. The molecule has 22 heavy (non-hydrogen) atoms. The molecular weight excluding hydrogens is 385 g/mol. The highest BCUT2D eigenvalue weighted by Crippen LogP contribution is 2.45. The van der Waals surface area contributed by atoms with Crippen molar-refractivity contribution in [3.8, 4) is 0 Å². The molecule has 1 aromatic carbocycles. The SMILES string of the molecule is C=Ic1ccc2nccc(C3CCC4(CCCO4)CC3)c2c1. The molecule has 0 N–H and O–H groups in total. The number of halogens is 1. The first-order valence-electron chi connectivity index (χ1n) is 8.21. The standard InChI is InChI=1S/C19H22INO/c1-20-15-3-4-18-17(13-15)16(7-11-21-18)14-5-9-19(10-6-14)8-2-12-22-19/h3-4,7,11,13-14H,1-2,5-6,8-10,12H2. The van der Waals surface area contributed by atoms with Crippen molar-refractivity contribution < 1.29 is 4.74 Å². The maximum absolute atomic E-state index is 6.07. The molecule has 0 unspecified atom stereocenters. The van der Waals surface area contributed by atoms with Crippen LogP contribution in [0.3, 0.4) is 0 Å². The van der Waals surface area contributed by atoms with Crippen LogP contribution in [0.5, 0.6) is 0 Å². The topological polar surface area (TPSA) is 22.1 Å². The predicted octanol–water partition coefficient (Wildman–Crippen LogP) is 5.01. The summed E-state index contributed by atoms with van der Waals surface area (Å²) in [4.78, 5) is 4.55. The summed E-state index contributed by atoms with van der Waals surface area (Å²) in [6.07, 6.45) is 9.46. The van der Waals surface area contributed by atoms with E-state index in [1.807, 2.05) is 6.20 Å². The first-order chi connectivity index (χ1) is 10.8. The van der Waals surface area contributed by atoms with Gasteiger partial charge in [-0.3, -0.25) is 4.98 Å². The smallest absolute Gasteiger partial charge is 0.0705 e. The number of ether oxygens (including phenoxy) is 1. The highest BCUT2D eigenvalue weighted by Gasteiger charge is 2.39. The summed E-state index contributed by atoms with van der Waals surface area (Å²) in [5.74, 6) is 0.665. The summed E-state index contributed by atoms with van der Waals surface area (Å²) < 4.78 is 11.6. The van der Waals surface area contributed by atoms with Gasteiger partial charge in [-0.1, -0.05) is 25.2 Å². The third kappa shape index (κ3) is 2.62. The Bertz CT molecular complexity index is 696. The van der Waals surface area contributed by atoms with Gasteiger partial charge in [-0.25, -0.2) is 0 Å². The van der Waals surface area contributed by atoms with Crippen LogP contribution in [0.2, 0.25) is 0 Å². The number of benzene rings is 1. The number of hydrogen-bond acceptors (Lipinski definition) is 2. The summed E-state index contributed by atoms with van der Waals surface area (Å²) in [6, 6.07) is 8.95. The van der Waals surface area contributed by atoms with Crippen LogP contribution in [0.25, 0.3) is 10.9 Å². The summed E-state index contributed by atoms with van der Waals surface area (Å²) in [5.41, 5.74) is 2.86. The molecule has 0 atom stereocenters. The van der Waals surface area contributed by atoms with E-state index < -0.39 is 0 Å². The molecule has 0 amide bonds. The lowest BCUT2D eigenvalue weighted by molar-refractivity contribution is -0.0280. The average Bonchev–Trinajstić information content (AvgIpc) is 3.03. The van der Waals surface area contributed by atoms with E-state index in [0.717, 1.165) is 12.1 Å². The van der Waals surface area contributed by atoms with Gasteiger partial charge in [-0.05, 0) is 74.3 Å². The van der Waals surface area contributed by atoms with Gasteiger partial charge in [-0.2, -0.15) is 0 Å². The van der Waals surface area contributed by atoms with Crippen molar-refractivity contribution in [2.45, 2.75) is 50.0 Å². The molecule has 116 valence electrons. The normalized spacial score (nSPS) is 28.5. The fourth-order valence-electron chi connectivity index (χ4n) is 4.18. The van der Waals surface area contributed by atoms with Gasteiger partial charge in [0.1, 0.15) is 0 Å². The highest BCUT2D eigenvalue weighted by molar-refractivity contribution is 14.2. The van der Waals surface area contributed by atoms with E-state index in [1.54, 1.807) is 0 Å². The van der Waals surface area contributed by atoms with Crippen LogP contribution in [0, 0.1) is 3.57 Å². The Morgan fingerprint density at radius 1 is 1.18 bits per heavy atom. The summed E-state index contributed by atoms with van der Waals surface area (Å²) in [6.45, 7) is 0.972. The van der Waals surface area contributed by atoms with Gasteiger partial charge < -0.3 is 4.74 Å². The molecule has 4 rings (SSSR count). The zero-order valence-electron chi connectivity index (χ0n) is 12.9. The van der Waals surface area contributed by atoms with Crippen molar-refractivity contribution in [1.29, 1.82) is 0 Å². The maximum atomic E-state index is 6.07. The van der Waals surface area contributed by atoms with Gasteiger partial charge in [0.25, 0.3) is 0 Å². The fraction of sp³-hybridized carbons (Fsp3) is 0.474. The maximum Gasteiger partial charge on any atom is 0.0705 e. The molecule has 1 aromatic heterocycles. The van der Waals surface area contributed by atoms with Crippen LogP contribution < -0.4 is 0 Å². The van der Waals surface area contributed by atoms with E-state index in [0.29, 0.717) is 5.92 Å². The molecule has 0 bridgehead atoms. The second kappa shape index (κ2) is 6.00. The molecule has 1 saturated carbocycles. The van der Waals surface area contributed by atoms with Gasteiger partial charge in [0.05, 0.1) is 11.1 Å². The number of pyridine rings is 1. The third-order valence-electron chi connectivity index (χ3n) is 5.41. The van der Waals surface area contributed by atoms with E-state index >= 15 is 0 Å². The predicted molar refractivity (Wildman–Crippen MR) is 101 cm³/mol. The second-order valence-electron chi connectivity index (χ2n) is 6.60. The molecule has 1 spiro atoms. The molecule has 2 heterocycles. The summed E-state index contributed by atoms with van der Waals surface area (Å²) in [5, 5.41) is 1.36. The fourth-order valence-corrected chi connectivity index (χ4v) is 5.15. The minimum Gasteiger partial charge on any atom is -0.375 e. The lowest BCUT2D eigenvalue weighted by Crippen LogP contribution is -2.32. The zero-order valence-corrected chi connectivity index (χ0v) is 15.0. The Balaban J connectivity index is 1.65. The van der Waals surface area contributed by atoms with Gasteiger partial charge in [-0.15, -0.1) is 0 Å². The van der Waals surface area contributed by atoms with Crippen LogP contribution in [0.4, 0.5) is 0 Å². The number of nitrogens with zero attached hydrogens (tertiary/aromatic N) is 1. The van der Waals surface area contributed by atoms with Crippen LogP contribution in [0.15, 0.2) is 30.5 Å². The quantitative estimate of drug-likeness (QED) is 0.653. The summed E-state index contributed by atoms with van der Waals surface area (Å²) >= 11 is -0.108. The van der Waals surface area contributed by atoms with Crippen LogP contribution >= 0.6 is 20.7 Å².